The number of ether oxygens (including phenoxy) is 1. The summed E-state index contributed by atoms with van der Waals surface area (Å²) in [5.74, 6) is 0.963. The van der Waals surface area contributed by atoms with Crippen molar-refractivity contribution in [2.75, 3.05) is 37.7 Å². The fourth-order valence-corrected chi connectivity index (χ4v) is 4.35. The predicted molar refractivity (Wildman–Crippen MR) is 91.8 cm³/mol. The van der Waals surface area contributed by atoms with Crippen molar-refractivity contribution < 1.29 is 4.74 Å². The first kappa shape index (κ1) is 15.1. The average molecular weight is 330 g/mol. The van der Waals surface area contributed by atoms with Crippen LogP contribution >= 0.6 is 11.3 Å². The van der Waals surface area contributed by atoms with Gasteiger partial charge in [0.1, 0.15) is 5.82 Å². The Morgan fingerprint density at radius 1 is 1.26 bits per heavy atom. The van der Waals surface area contributed by atoms with Crippen molar-refractivity contribution in [3.63, 3.8) is 0 Å². The lowest BCUT2D eigenvalue weighted by Gasteiger charge is -2.48. The molecule has 0 bridgehead atoms. The maximum absolute atomic E-state index is 6.28. The summed E-state index contributed by atoms with van der Waals surface area (Å²) in [7, 11) is 0. The Kier molecular flexibility index (Phi) is 4.29. The summed E-state index contributed by atoms with van der Waals surface area (Å²) in [6, 6.07) is 2.22. The molecule has 1 atom stereocenters. The average Bonchev–Trinajstić information content (AvgIpc) is 3.09. The maximum Gasteiger partial charge on any atom is 0.147 e. The second-order valence-corrected chi connectivity index (χ2v) is 7.24. The number of anilines is 1. The number of nitrogens with zero attached hydrogens (tertiary/aromatic N) is 4. The number of hydrogen-bond donors (Lipinski definition) is 0. The van der Waals surface area contributed by atoms with Gasteiger partial charge in [-0.1, -0.05) is 0 Å². The highest BCUT2D eigenvalue weighted by Crippen LogP contribution is 2.31. The van der Waals surface area contributed by atoms with Gasteiger partial charge in [0.2, 0.25) is 0 Å². The molecule has 5 nitrogen and oxygen atoms in total. The fourth-order valence-electron chi connectivity index (χ4n) is 3.69. The van der Waals surface area contributed by atoms with Crippen molar-refractivity contribution in [1.29, 1.82) is 0 Å². The van der Waals surface area contributed by atoms with Gasteiger partial charge in [0, 0.05) is 45.1 Å². The highest BCUT2D eigenvalue weighted by Gasteiger charge is 2.40. The predicted octanol–water partition coefficient (Wildman–Crippen LogP) is 2.41. The largest absolute Gasteiger partial charge is 0.370 e. The molecule has 0 aliphatic carbocycles. The fraction of sp³-hybridized carbons (Fsp3) is 0.529. The van der Waals surface area contributed by atoms with Crippen LogP contribution in [0.2, 0.25) is 0 Å². The zero-order chi connectivity index (χ0) is 15.5. The van der Waals surface area contributed by atoms with Crippen LogP contribution in [0.15, 0.2) is 35.4 Å². The van der Waals surface area contributed by atoms with Crippen LogP contribution in [0.5, 0.6) is 0 Å². The molecule has 1 spiro atoms. The van der Waals surface area contributed by atoms with E-state index < -0.39 is 0 Å². The number of aromatic nitrogens is 2. The summed E-state index contributed by atoms with van der Waals surface area (Å²) >= 11 is 1.77. The van der Waals surface area contributed by atoms with Gasteiger partial charge in [0.05, 0.1) is 18.4 Å². The van der Waals surface area contributed by atoms with E-state index in [0.29, 0.717) is 0 Å². The van der Waals surface area contributed by atoms with Crippen molar-refractivity contribution in [2.45, 2.75) is 25.0 Å². The number of rotatable bonds is 3. The molecule has 0 amide bonds. The number of morpholine rings is 1. The van der Waals surface area contributed by atoms with E-state index in [1.807, 2.05) is 6.20 Å². The summed E-state index contributed by atoms with van der Waals surface area (Å²) in [5.41, 5.74) is 1.35. The second kappa shape index (κ2) is 6.55. The van der Waals surface area contributed by atoms with E-state index in [2.05, 4.69) is 36.6 Å². The lowest BCUT2D eigenvalue weighted by atomic mass is 9.90. The molecular weight excluding hydrogens is 308 g/mol. The third-order valence-electron chi connectivity index (χ3n) is 4.73. The van der Waals surface area contributed by atoms with E-state index in [0.717, 1.165) is 58.0 Å². The van der Waals surface area contributed by atoms with E-state index in [4.69, 9.17) is 4.74 Å². The molecule has 2 aromatic rings. The Bertz CT molecular complexity index is 617. The molecule has 0 aromatic carbocycles. The van der Waals surface area contributed by atoms with Gasteiger partial charge in [0.25, 0.3) is 0 Å². The van der Waals surface area contributed by atoms with Crippen LogP contribution in [-0.4, -0.2) is 53.3 Å². The third kappa shape index (κ3) is 3.39. The monoisotopic (exact) mass is 330 g/mol. The van der Waals surface area contributed by atoms with Crippen LogP contribution in [0.3, 0.4) is 0 Å². The van der Waals surface area contributed by atoms with Gasteiger partial charge < -0.3 is 9.64 Å². The molecule has 4 rings (SSSR count). The Morgan fingerprint density at radius 2 is 2.26 bits per heavy atom. The van der Waals surface area contributed by atoms with Crippen molar-refractivity contribution in [3.05, 3.63) is 41.0 Å². The zero-order valence-electron chi connectivity index (χ0n) is 13.2. The van der Waals surface area contributed by atoms with E-state index in [9.17, 15) is 0 Å². The molecule has 2 aromatic heterocycles. The Labute approximate surface area is 140 Å². The summed E-state index contributed by atoms with van der Waals surface area (Å²) in [6.07, 6.45) is 7.61. The summed E-state index contributed by atoms with van der Waals surface area (Å²) in [6.45, 7) is 5.81. The van der Waals surface area contributed by atoms with Crippen LogP contribution < -0.4 is 4.90 Å². The normalized spacial score (nSPS) is 25.8. The number of thiophene rings is 1. The molecule has 0 unspecified atom stereocenters. The molecule has 122 valence electrons. The van der Waals surface area contributed by atoms with Crippen molar-refractivity contribution >= 4 is 17.2 Å². The molecule has 0 radical (unpaired) electrons. The Morgan fingerprint density at radius 3 is 3.09 bits per heavy atom. The van der Waals surface area contributed by atoms with Gasteiger partial charge in [-0.2, -0.15) is 11.3 Å². The second-order valence-electron chi connectivity index (χ2n) is 6.46. The molecule has 2 saturated heterocycles. The van der Waals surface area contributed by atoms with Crippen LogP contribution in [0.1, 0.15) is 18.4 Å². The lowest BCUT2D eigenvalue weighted by molar-refractivity contribution is -0.116. The Balaban J connectivity index is 1.46. The van der Waals surface area contributed by atoms with Crippen molar-refractivity contribution in [2.24, 2.45) is 0 Å². The first-order chi connectivity index (χ1) is 11.3. The van der Waals surface area contributed by atoms with Crippen LogP contribution in [-0.2, 0) is 11.3 Å². The van der Waals surface area contributed by atoms with Gasteiger partial charge in [-0.15, -0.1) is 0 Å². The van der Waals surface area contributed by atoms with Crippen LogP contribution in [0.25, 0.3) is 0 Å². The van der Waals surface area contributed by atoms with Crippen LogP contribution in [0, 0.1) is 0 Å². The highest BCUT2D eigenvalue weighted by atomic mass is 32.1. The third-order valence-corrected chi connectivity index (χ3v) is 5.46. The highest BCUT2D eigenvalue weighted by molar-refractivity contribution is 7.07. The van der Waals surface area contributed by atoms with E-state index >= 15 is 0 Å². The molecular formula is C17H22N4OS. The van der Waals surface area contributed by atoms with Crippen LogP contribution in [0.4, 0.5) is 5.82 Å². The SMILES string of the molecule is c1cnc(N2CCC[C@@]3(CN(Cc4ccsc4)CCO3)C2)cn1. The number of piperidine rings is 1. The summed E-state index contributed by atoms with van der Waals surface area (Å²) in [5, 5.41) is 4.40. The maximum atomic E-state index is 6.28. The topological polar surface area (TPSA) is 41.5 Å². The zero-order valence-corrected chi connectivity index (χ0v) is 14.0. The molecule has 2 aliphatic rings. The van der Waals surface area contributed by atoms with Gasteiger partial charge in [-0.3, -0.25) is 9.88 Å². The van der Waals surface area contributed by atoms with Gasteiger partial charge >= 0.3 is 0 Å². The molecule has 4 heterocycles. The molecule has 6 heteroatoms. The standard InChI is InChI=1S/C17H22N4OS/c1-3-17(14-21(6-1)16-10-18-4-5-19-16)13-20(7-8-22-17)11-15-2-9-23-12-15/h2,4-5,9-10,12H,1,3,6-8,11,13-14H2/t17-/m1/s1. The first-order valence-corrected chi connectivity index (χ1v) is 9.16. The quantitative estimate of drug-likeness (QED) is 0.864. The summed E-state index contributed by atoms with van der Waals surface area (Å²) in [4.78, 5) is 13.5. The van der Waals surface area contributed by atoms with Gasteiger partial charge in [-0.05, 0) is 35.2 Å². The van der Waals surface area contributed by atoms with Gasteiger partial charge in [0.15, 0.2) is 0 Å². The van der Waals surface area contributed by atoms with Crippen molar-refractivity contribution in [1.82, 2.24) is 14.9 Å². The van der Waals surface area contributed by atoms with Crippen molar-refractivity contribution in [3.8, 4) is 0 Å². The van der Waals surface area contributed by atoms with E-state index in [1.54, 1.807) is 23.7 Å². The minimum atomic E-state index is -0.0654. The van der Waals surface area contributed by atoms with Gasteiger partial charge in [-0.25, -0.2) is 4.98 Å². The number of hydrogen-bond acceptors (Lipinski definition) is 6. The molecule has 0 N–H and O–H groups in total. The minimum absolute atomic E-state index is 0.0654. The molecule has 0 saturated carbocycles. The van der Waals surface area contributed by atoms with E-state index in [-0.39, 0.29) is 5.60 Å². The smallest absolute Gasteiger partial charge is 0.147 e. The summed E-state index contributed by atoms with van der Waals surface area (Å²) < 4.78 is 6.28. The molecule has 2 fully saturated rings. The molecule has 2 aliphatic heterocycles. The molecule has 23 heavy (non-hydrogen) atoms. The minimum Gasteiger partial charge on any atom is -0.370 e. The van der Waals surface area contributed by atoms with E-state index in [1.165, 1.54) is 5.56 Å². The first-order valence-electron chi connectivity index (χ1n) is 8.21. The lowest BCUT2D eigenvalue weighted by Crippen LogP contribution is -2.59. The Hall–Kier alpha value is -1.50.